The summed E-state index contributed by atoms with van der Waals surface area (Å²) in [5.74, 6) is 4.21. The number of carboxylic acids is 1. The van der Waals surface area contributed by atoms with Gasteiger partial charge >= 0.3 is 5.97 Å². The molecule has 0 rings (SSSR count). The summed E-state index contributed by atoms with van der Waals surface area (Å²) in [4.78, 5) is 10.2. The molecule has 0 saturated carbocycles. The number of hydrogen-bond acceptors (Lipinski definition) is 4. The molecule has 0 aromatic rings. The number of hydrogen-bond donors (Lipinski definition) is 4. The second-order valence-corrected chi connectivity index (χ2v) is 1.99. The van der Waals surface area contributed by atoms with Crippen molar-refractivity contribution in [1.29, 1.82) is 0 Å². The van der Waals surface area contributed by atoms with Crippen LogP contribution in [0.5, 0.6) is 0 Å². The van der Waals surface area contributed by atoms with Gasteiger partial charge in [0.2, 0.25) is 5.70 Å². The van der Waals surface area contributed by atoms with Crippen molar-refractivity contribution in [2.24, 2.45) is 11.6 Å². The first-order valence-electron chi connectivity index (χ1n) is 3.06. The highest BCUT2D eigenvalue weighted by molar-refractivity contribution is 5.82. The lowest BCUT2D eigenvalue weighted by Gasteiger charge is -2.09. The molecule has 0 spiro atoms. The van der Waals surface area contributed by atoms with Crippen LogP contribution in [0.3, 0.4) is 0 Å². The van der Waals surface area contributed by atoms with Crippen molar-refractivity contribution >= 4 is 5.97 Å². The molecule has 6 heteroatoms. The topological polar surface area (TPSA) is 120 Å². The van der Waals surface area contributed by atoms with Crippen LogP contribution in [0.2, 0.25) is 0 Å². The van der Waals surface area contributed by atoms with Crippen LogP contribution in [-0.2, 0) is 4.79 Å². The second kappa shape index (κ2) is 4.67. The van der Waals surface area contributed by atoms with Gasteiger partial charge in [0.05, 0.1) is 6.20 Å². The molecule has 0 aliphatic rings. The average Bonchev–Trinajstić information content (AvgIpc) is 1.87. The molecule has 64 valence electrons. The SMILES string of the molecule is NCCN(N)/C=C(\[NH3+])C(=O)O. The minimum absolute atomic E-state index is 0.0547. The number of nitrogens with zero attached hydrogens (tertiary/aromatic N) is 1. The number of nitrogens with two attached hydrogens (primary N) is 2. The molecule has 11 heavy (non-hydrogen) atoms. The smallest absolute Gasteiger partial charge is 0.391 e. The van der Waals surface area contributed by atoms with Crippen molar-refractivity contribution < 1.29 is 15.6 Å². The monoisotopic (exact) mass is 161 g/mol. The van der Waals surface area contributed by atoms with Crippen LogP contribution in [0.15, 0.2) is 11.9 Å². The molecular formula is C5H13N4O2+. The maximum Gasteiger partial charge on any atom is 0.391 e. The third kappa shape index (κ3) is 4.31. The number of quaternary nitrogens is 1. The van der Waals surface area contributed by atoms with Gasteiger partial charge in [0, 0.05) is 13.1 Å². The van der Waals surface area contributed by atoms with E-state index < -0.39 is 5.97 Å². The number of rotatable bonds is 4. The van der Waals surface area contributed by atoms with Crippen LogP contribution in [-0.4, -0.2) is 29.2 Å². The first kappa shape index (κ1) is 9.89. The van der Waals surface area contributed by atoms with E-state index in [1.807, 2.05) is 0 Å². The highest BCUT2D eigenvalue weighted by atomic mass is 16.4. The zero-order valence-electron chi connectivity index (χ0n) is 6.16. The Bertz CT molecular complexity index is 168. The minimum Gasteiger partial charge on any atom is -0.474 e. The Morgan fingerprint density at radius 1 is 1.73 bits per heavy atom. The summed E-state index contributed by atoms with van der Waals surface area (Å²) in [5.41, 5.74) is 8.37. The number of carbonyl (C=O) groups is 1. The molecule has 0 bridgehead atoms. The van der Waals surface area contributed by atoms with Crippen molar-refractivity contribution in [3.8, 4) is 0 Å². The van der Waals surface area contributed by atoms with Crippen molar-refractivity contribution in [2.75, 3.05) is 13.1 Å². The predicted octanol–water partition coefficient (Wildman–Crippen LogP) is -2.71. The van der Waals surface area contributed by atoms with E-state index in [1.54, 1.807) is 0 Å². The minimum atomic E-state index is -1.09. The standard InChI is InChI=1S/C5H12N4O2/c6-1-2-9(8)3-4(7)5(10)11/h3H,1-2,6-8H2,(H,10,11)/p+1/b4-3-. The van der Waals surface area contributed by atoms with E-state index in [0.29, 0.717) is 13.1 Å². The average molecular weight is 161 g/mol. The molecule has 8 N–H and O–H groups in total. The second-order valence-electron chi connectivity index (χ2n) is 1.99. The molecular weight excluding hydrogens is 148 g/mol. The van der Waals surface area contributed by atoms with E-state index in [9.17, 15) is 4.79 Å². The third-order valence-electron chi connectivity index (χ3n) is 0.984. The molecule has 0 atom stereocenters. The Balaban J connectivity index is 3.96. The molecule has 0 radical (unpaired) electrons. The van der Waals surface area contributed by atoms with E-state index in [-0.39, 0.29) is 5.70 Å². The highest BCUT2D eigenvalue weighted by Gasteiger charge is 2.06. The quantitative estimate of drug-likeness (QED) is 0.203. The third-order valence-corrected chi connectivity index (χ3v) is 0.984. The lowest BCUT2D eigenvalue weighted by atomic mass is 10.5. The van der Waals surface area contributed by atoms with Crippen LogP contribution in [0, 0.1) is 0 Å². The fourth-order valence-electron chi connectivity index (χ4n) is 0.469. The van der Waals surface area contributed by atoms with Gasteiger partial charge in [-0.1, -0.05) is 0 Å². The lowest BCUT2D eigenvalue weighted by molar-refractivity contribution is -0.304. The number of aliphatic carboxylic acids is 1. The summed E-state index contributed by atoms with van der Waals surface area (Å²) < 4.78 is 0. The molecule has 0 aromatic carbocycles. The molecule has 0 amide bonds. The Labute approximate surface area is 64.2 Å². The summed E-state index contributed by atoms with van der Waals surface area (Å²) >= 11 is 0. The Morgan fingerprint density at radius 2 is 2.27 bits per heavy atom. The van der Waals surface area contributed by atoms with Gasteiger partial charge in [0.25, 0.3) is 0 Å². The summed E-state index contributed by atoms with van der Waals surface area (Å²) in [6.45, 7) is 0.784. The zero-order chi connectivity index (χ0) is 8.85. The van der Waals surface area contributed by atoms with Gasteiger partial charge in [-0.15, -0.1) is 0 Å². The molecule has 0 fully saturated rings. The Kier molecular flexibility index (Phi) is 4.20. The summed E-state index contributed by atoms with van der Waals surface area (Å²) in [5, 5.41) is 9.55. The van der Waals surface area contributed by atoms with Gasteiger partial charge in [-0.25, -0.2) is 10.6 Å². The highest BCUT2D eigenvalue weighted by Crippen LogP contribution is 1.83. The van der Waals surface area contributed by atoms with Crippen molar-refractivity contribution in [2.45, 2.75) is 0 Å². The van der Waals surface area contributed by atoms with E-state index in [0.717, 1.165) is 0 Å². The van der Waals surface area contributed by atoms with Crippen molar-refractivity contribution in [3.05, 3.63) is 11.9 Å². The van der Waals surface area contributed by atoms with E-state index in [1.165, 1.54) is 11.2 Å². The Morgan fingerprint density at radius 3 is 2.64 bits per heavy atom. The van der Waals surface area contributed by atoms with E-state index in [2.05, 4.69) is 5.73 Å². The van der Waals surface area contributed by atoms with Gasteiger partial charge in [-0.05, 0) is 0 Å². The number of hydrazine groups is 1. The maximum absolute atomic E-state index is 10.2. The summed E-state index contributed by atoms with van der Waals surface area (Å²) in [6.07, 6.45) is 1.23. The van der Waals surface area contributed by atoms with Gasteiger partial charge in [0.15, 0.2) is 0 Å². The first-order chi connectivity index (χ1) is 5.07. The molecule has 0 aliphatic carbocycles. The van der Waals surface area contributed by atoms with E-state index in [4.69, 9.17) is 16.7 Å². The largest absolute Gasteiger partial charge is 0.474 e. The normalized spacial score (nSPS) is 11.4. The molecule has 0 saturated heterocycles. The molecule has 0 heterocycles. The van der Waals surface area contributed by atoms with Crippen LogP contribution >= 0.6 is 0 Å². The van der Waals surface area contributed by atoms with Crippen molar-refractivity contribution in [1.82, 2.24) is 5.01 Å². The molecule has 6 nitrogen and oxygen atoms in total. The summed E-state index contributed by atoms with van der Waals surface area (Å²) in [7, 11) is 0. The van der Waals surface area contributed by atoms with Crippen LogP contribution in [0.4, 0.5) is 0 Å². The molecule has 0 aromatic heterocycles. The zero-order valence-corrected chi connectivity index (χ0v) is 6.16. The fraction of sp³-hybridized carbons (Fsp3) is 0.400. The summed E-state index contributed by atoms with van der Waals surface area (Å²) in [6, 6.07) is 0. The van der Waals surface area contributed by atoms with Crippen molar-refractivity contribution in [3.63, 3.8) is 0 Å². The fourth-order valence-corrected chi connectivity index (χ4v) is 0.469. The van der Waals surface area contributed by atoms with Crippen LogP contribution < -0.4 is 17.3 Å². The predicted molar refractivity (Wildman–Crippen MR) is 38.6 cm³/mol. The Hall–Kier alpha value is -1.11. The van der Waals surface area contributed by atoms with Gasteiger partial charge < -0.3 is 21.6 Å². The molecule has 0 unspecified atom stereocenters. The van der Waals surface area contributed by atoms with Gasteiger partial charge in [-0.3, -0.25) is 0 Å². The van der Waals surface area contributed by atoms with Crippen LogP contribution in [0.1, 0.15) is 0 Å². The maximum atomic E-state index is 10.2. The molecule has 0 aliphatic heterocycles. The lowest BCUT2D eigenvalue weighted by Crippen LogP contribution is -2.52. The van der Waals surface area contributed by atoms with Crippen LogP contribution in [0.25, 0.3) is 0 Å². The van der Waals surface area contributed by atoms with Gasteiger partial charge in [0.1, 0.15) is 0 Å². The van der Waals surface area contributed by atoms with Gasteiger partial charge in [-0.2, -0.15) is 0 Å². The van der Waals surface area contributed by atoms with E-state index >= 15 is 0 Å². The number of carboxylic acid groups (broad SMARTS) is 1. The first-order valence-corrected chi connectivity index (χ1v) is 3.06.